The van der Waals surface area contributed by atoms with Crippen molar-refractivity contribution >= 4 is 10.0 Å². The van der Waals surface area contributed by atoms with Crippen LogP contribution in [-0.2, 0) is 22.2 Å². The normalized spacial score (nSPS) is 11.7. The van der Waals surface area contributed by atoms with Crippen LogP contribution in [0, 0.1) is 6.92 Å². The van der Waals surface area contributed by atoms with E-state index in [-0.39, 0.29) is 11.5 Å². The van der Waals surface area contributed by atoms with Gasteiger partial charge in [-0.2, -0.15) is 0 Å². The fourth-order valence-electron chi connectivity index (χ4n) is 1.75. The fraction of sp³-hybridized carbons (Fsp3) is 0.308. The highest BCUT2D eigenvalue weighted by atomic mass is 32.2. The molecule has 0 fully saturated rings. The van der Waals surface area contributed by atoms with E-state index in [2.05, 4.69) is 9.88 Å². The number of aromatic hydroxyl groups is 1. The Labute approximate surface area is 117 Å². The molecular formula is C13H16N2O4S. The van der Waals surface area contributed by atoms with E-state index in [4.69, 9.17) is 9.63 Å². The van der Waals surface area contributed by atoms with Crippen LogP contribution in [-0.4, -0.2) is 25.2 Å². The third-order valence-corrected chi connectivity index (χ3v) is 4.01. The predicted octanol–water partition coefficient (Wildman–Crippen LogP) is 1.35. The van der Waals surface area contributed by atoms with Crippen molar-refractivity contribution in [2.75, 3.05) is 6.54 Å². The summed E-state index contributed by atoms with van der Waals surface area (Å²) in [6.07, 6.45) is 0.553. The molecule has 0 aliphatic rings. The number of nitrogens with one attached hydrogen (secondary N) is 1. The molecule has 0 amide bonds. The summed E-state index contributed by atoms with van der Waals surface area (Å²) in [6, 6.07) is 8.25. The summed E-state index contributed by atoms with van der Waals surface area (Å²) in [5, 5.41) is 12.8. The smallest absolute Gasteiger partial charge is 0.217 e. The molecule has 2 rings (SSSR count). The van der Waals surface area contributed by atoms with Crippen LogP contribution < -0.4 is 4.72 Å². The largest absolute Gasteiger partial charge is 0.508 e. The molecule has 0 atom stereocenters. The number of phenols is 1. The van der Waals surface area contributed by atoms with Crippen molar-refractivity contribution in [1.82, 2.24) is 9.88 Å². The van der Waals surface area contributed by atoms with Crippen LogP contribution in [0.3, 0.4) is 0 Å². The average Bonchev–Trinajstić information content (AvgIpc) is 2.76. The number of sulfonamides is 1. The second kappa shape index (κ2) is 6.06. The molecule has 7 heteroatoms. The molecule has 0 aliphatic carbocycles. The minimum Gasteiger partial charge on any atom is -0.508 e. The van der Waals surface area contributed by atoms with Gasteiger partial charge in [-0.1, -0.05) is 17.3 Å². The molecule has 0 aliphatic heterocycles. The van der Waals surface area contributed by atoms with Crippen LogP contribution in [0.25, 0.3) is 0 Å². The van der Waals surface area contributed by atoms with Crippen LogP contribution in [0.1, 0.15) is 17.0 Å². The molecule has 2 N–H and O–H groups in total. The first-order chi connectivity index (χ1) is 9.44. The molecule has 0 unspecified atom stereocenters. The maximum absolute atomic E-state index is 11.8. The molecule has 6 nitrogen and oxygen atoms in total. The first-order valence-corrected chi connectivity index (χ1v) is 7.77. The van der Waals surface area contributed by atoms with E-state index in [0.717, 1.165) is 5.56 Å². The van der Waals surface area contributed by atoms with Crippen LogP contribution in [0.2, 0.25) is 0 Å². The second-order valence-corrected chi connectivity index (χ2v) is 6.31. The number of rotatable bonds is 6. The minimum absolute atomic E-state index is 0.190. The predicted molar refractivity (Wildman–Crippen MR) is 73.7 cm³/mol. The number of aromatic nitrogens is 1. The molecule has 1 heterocycles. The van der Waals surface area contributed by atoms with Gasteiger partial charge in [0.15, 0.2) is 0 Å². The minimum atomic E-state index is -3.42. The van der Waals surface area contributed by atoms with Gasteiger partial charge in [-0.25, -0.2) is 13.1 Å². The maximum atomic E-state index is 11.8. The summed E-state index contributed by atoms with van der Waals surface area (Å²) in [6.45, 7) is 2.01. The van der Waals surface area contributed by atoms with Crippen molar-refractivity contribution in [3.8, 4) is 5.75 Å². The molecule has 108 valence electrons. The first-order valence-electron chi connectivity index (χ1n) is 6.12. The Balaban J connectivity index is 1.84. The van der Waals surface area contributed by atoms with E-state index in [1.807, 2.05) is 0 Å². The zero-order valence-corrected chi connectivity index (χ0v) is 11.9. The highest BCUT2D eigenvalue weighted by Crippen LogP contribution is 2.10. The zero-order valence-electron chi connectivity index (χ0n) is 11.0. The van der Waals surface area contributed by atoms with E-state index >= 15 is 0 Å². The Hall–Kier alpha value is -1.86. The van der Waals surface area contributed by atoms with E-state index in [9.17, 15) is 8.42 Å². The standard InChI is InChI=1S/C13H16N2O4S/c1-10-8-12(15-19-10)9-20(17,18)14-7-6-11-2-4-13(16)5-3-11/h2-5,8,14,16H,6-7,9H2,1H3. The molecular weight excluding hydrogens is 280 g/mol. The molecule has 0 radical (unpaired) electrons. The monoisotopic (exact) mass is 296 g/mol. The SMILES string of the molecule is Cc1cc(CS(=O)(=O)NCCc2ccc(O)cc2)no1. The number of nitrogens with zero attached hydrogens (tertiary/aromatic N) is 1. The average molecular weight is 296 g/mol. The van der Waals surface area contributed by atoms with E-state index in [1.54, 1.807) is 37.3 Å². The molecule has 0 spiro atoms. The first kappa shape index (κ1) is 14.5. The Morgan fingerprint density at radius 2 is 2.00 bits per heavy atom. The van der Waals surface area contributed by atoms with Gasteiger partial charge in [0, 0.05) is 12.6 Å². The fourth-order valence-corrected chi connectivity index (χ4v) is 2.79. The van der Waals surface area contributed by atoms with Gasteiger partial charge in [0.1, 0.15) is 23.0 Å². The van der Waals surface area contributed by atoms with Crippen molar-refractivity contribution in [3.63, 3.8) is 0 Å². The number of hydrogen-bond acceptors (Lipinski definition) is 5. The van der Waals surface area contributed by atoms with E-state index < -0.39 is 10.0 Å². The topological polar surface area (TPSA) is 92.4 Å². The highest BCUT2D eigenvalue weighted by Gasteiger charge is 2.13. The lowest BCUT2D eigenvalue weighted by Gasteiger charge is -2.05. The van der Waals surface area contributed by atoms with Gasteiger partial charge in [0.05, 0.1) is 0 Å². The molecule has 0 bridgehead atoms. The Kier molecular flexibility index (Phi) is 4.41. The molecule has 1 aromatic heterocycles. The number of benzene rings is 1. The van der Waals surface area contributed by atoms with Gasteiger partial charge in [-0.3, -0.25) is 0 Å². The van der Waals surface area contributed by atoms with Crippen molar-refractivity contribution in [2.45, 2.75) is 19.1 Å². The molecule has 1 aromatic carbocycles. The number of aryl methyl sites for hydroxylation is 1. The maximum Gasteiger partial charge on any atom is 0.217 e. The summed E-state index contributed by atoms with van der Waals surface area (Å²) in [4.78, 5) is 0. The van der Waals surface area contributed by atoms with Gasteiger partial charge >= 0.3 is 0 Å². The van der Waals surface area contributed by atoms with Crippen LogP contribution in [0.15, 0.2) is 34.9 Å². The van der Waals surface area contributed by atoms with Crippen molar-refractivity contribution < 1.29 is 18.0 Å². The third-order valence-electron chi connectivity index (χ3n) is 2.69. The van der Waals surface area contributed by atoms with Crippen molar-refractivity contribution in [3.05, 3.63) is 47.3 Å². The van der Waals surface area contributed by atoms with Crippen LogP contribution in [0.4, 0.5) is 0 Å². The van der Waals surface area contributed by atoms with E-state index in [0.29, 0.717) is 24.4 Å². The summed E-state index contributed by atoms with van der Waals surface area (Å²) in [7, 11) is -3.42. The zero-order chi connectivity index (χ0) is 14.6. The van der Waals surface area contributed by atoms with Crippen LogP contribution in [0.5, 0.6) is 5.75 Å². The van der Waals surface area contributed by atoms with Gasteiger partial charge < -0.3 is 9.63 Å². The summed E-state index contributed by atoms with van der Waals surface area (Å²) < 4.78 is 31.0. The lowest BCUT2D eigenvalue weighted by Crippen LogP contribution is -2.27. The van der Waals surface area contributed by atoms with Crippen LogP contribution >= 0.6 is 0 Å². The van der Waals surface area contributed by atoms with Gasteiger partial charge in [-0.15, -0.1) is 0 Å². The van der Waals surface area contributed by atoms with Crippen molar-refractivity contribution in [2.24, 2.45) is 0 Å². The quantitative estimate of drug-likeness (QED) is 0.839. The van der Waals surface area contributed by atoms with E-state index in [1.165, 1.54) is 0 Å². The summed E-state index contributed by atoms with van der Waals surface area (Å²) in [5.41, 5.74) is 1.34. The third kappa shape index (κ3) is 4.36. The Bertz CT molecular complexity index is 662. The molecule has 2 aromatic rings. The summed E-state index contributed by atoms with van der Waals surface area (Å²) in [5.74, 6) is 0.579. The lowest BCUT2D eigenvalue weighted by atomic mass is 10.1. The van der Waals surface area contributed by atoms with Gasteiger partial charge in [0.2, 0.25) is 10.0 Å². The number of phenolic OH excluding ortho intramolecular Hbond substituents is 1. The molecule has 0 saturated heterocycles. The highest BCUT2D eigenvalue weighted by molar-refractivity contribution is 7.88. The Morgan fingerprint density at radius 3 is 2.60 bits per heavy atom. The molecule has 20 heavy (non-hydrogen) atoms. The van der Waals surface area contributed by atoms with Gasteiger partial charge in [-0.05, 0) is 31.0 Å². The molecule has 0 saturated carbocycles. The Morgan fingerprint density at radius 1 is 1.30 bits per heavy atom. The second-order valence-electron chi connectivity index (χ2n) is 4.50. The lowest BCUT2D eigenvalue weighted by molar-refractivity contribution is 0.392. The summed E-state index contributed by atoms with van der Waals surface area (Å²) >= 11 is 0. The number of hydrogen-bond donors (Lipinski definition) is 2. The van der Waals surface area contributed by atoms with Gasteiger partial charge in [0.25, 0.3) is 0 Å². The van der Waals surface area contributed by atoms with Crippen molar-refractivity contribution in [1.29, 1.82) is 0 Å².